The Hall–Kier alpha value is -0.410. The second kappa shape index (κ2) is 4.47. The average Bonchev–Trinajstić information content (AvgIpc) is 1.91. The summed E-state index contributed by atoms with van der Waals surface area (Å²) in [6.07, 6.45) is 3.27. The number of hydrogen-bond acceptors (Lipinski definition) is 2. The molecule has 2 N–H and O–H groups in total. The van der Waals surface area contributed by atoms with E-state index in [1.54, 1.807) is 17.1 Å². The van der Waals surface area contributed by atoms with Crippen LogP contribution in [0.2, 0.25) is 0 Å². The molecule has 0 bridgehead atoms. The zero-order valence-corrected chi connectivity index (χ0v) is 6.58. The Kier molecular flexibility index (Phi) is 5.66. The summed E-state index contributed by atoms with van der Waals surface area (Å²) in [6, 6.07) is 0. The summed E-state index contributed by atoms with van der Waals surface area (Å²) in [7, 11) is 1.85. The smallest absolute Gasteiger partial charge is 0.122 e. The summed E-state index contributed by atoms with van der Waals surface area (Å²) in [6.45, 7) is 0. The van der Waals surface area contributed by atoms with Gasteiger partial charge in [-0.1, -0.05) is 0 Å². The van der Waals surface area contributed by atoms with Crippen LogP contribution in [0, 0.1) is 0 Å². The summed E-state index contributed by atoms with van der Waals surface area (Å²) in [5.41, 5.74) is 5.34. The van der Waals surface area contributed by atoms with Crippen molar-refractivity contribution in [3.8, 4) is 0 Å². The Balaban J connectivity index is 0. The van der Waals surface area contributed by atoms with E-state index in [0.29, 0.717) is 5.82 Å². The number of nitrogens with two attached hydrogens (primary N) is 1. The summed E-state index contributed by atoms with van der Waals surface area (Å²) < 4.78 is 1.75. The Bertz CT molecular complexity index is 146. The third-order valence-electron chi connectivity index (χ3n) is 0.854. The Morgan fingerprint density at radius 3 is 2.22 bits per heavy atom. The number of anilines is 1. The highest BCUT2D eigenvalue weighted by Gasteiger charge is 1.84. The van der Waals surface area contributed by atoms with E-state index in [2.05, 4.69) is 4.98 Å². The molecular weight excluding hydrogens is 161 g/mol. The van der Waals surface area contributed by atoms with Crippen LogP contribution in [-0.4, -0.2) is 9.55 Å². The van der Waals surface area contributed by atoms with E-state index in [1.165, 1.54) is 0 Å². The molecular formula is C4H9Cl2N3. The summed E-state index contributed by atoms with van der Waals surface area (Å²) in [5.74, 6) is 0.694. The molecule has 0 aromatic carbocycles. The van der Waals surface area contributed by atoms with Crippen molar-refractivity contribution >= 4 is 30.6 Å². The van der Waals surface area contributed by atoms with E-state index >= 15 is 0 Å². The molecule has 9 heavy (non-hydrogen) atoms. The van der Waals surface area contributed by atoms with Crippen LogP contribution in [0.15, 0.2) is 12.5 Å². The molecule has 0 saturated carbocycles. The maximum absolute atomic E-state index is 5.34. The van der Waals surface area contributed by atoms with Gasteiger partial charge in [-0.25, -0.2) is 4.98 Å². The molecule has 0 radical (unpaired) electrons. The fourth-order valence-corrected chi connectivity index (χ4v) is 0.367. The number of hydrogen-bond donors (Lipinski definition) is 1. The van der Waals surface area contributed by atoms with Gasteiger partial charge in [-0.2, -0.15) is 0 Å². The molecule has 1 rings (SSSR count). The van der Waals surface area contributed by atoms with Gasteiger partial charge in [-0.3, -0.25) is 0 Å². The van der Waals surface area contributed by atoms with Gasteiger partial charge >= 0.3 is 0 Å². The molecule has 1 heterocycles. The van der Waals surface area contributed by atoms with Gasteiger partial charge in [0.1, 0.15) is 5.82 Å². The van der Waals surface area contributed by atoms with Gasteiger partial charge in [0.05, 0.1) is 12.5 Å². The lowest BCUT2D eigenvalue weighted by molar-refractivity contribution is 0.925. The van der Waals surface area contributed by atoms with Crippen molar-refractivity contribution in [2.45, 2.75) is 0 Å². The lowest BCUT2D eigenvalue weighted by atomic mass is 10.8. The van der Waals surface area contributed by atoms with Crippen molar-refractivity contribution < 1.29 is 0 Å². The molecule has 54 valence electrons. The minimum atomic E-state index is 0. The fraction of sp³-hybridized carbons (Fsp3) is 0.250. The second-order valence-electron chi connectivity index (χ2n) is 1.43. The minimum absolute atomic E-state index is 0. The van der Waals surface area contributed by atoms with Crippen LogP contribution < -0.4 is 5.73 Å². The van der Waals surface area contributed by atoms with Crippen molar-refractivity contribution in [3.63, 3.8) is 0 Å². The number of aromatic nitrogens is 2. The first kappa shape index (κ1) is 11.4. The van der Waals surface area contributed by atoms with Crippen molar-refractivity contribution in [3.05, 3.63) is 12.5 Å². The van der Waals surface area contributed by atoms with Gasteiger partial charge in [0.2, 0.25) is 0 Å². The maximum atomic E-state index is 5.34. The van der Waals surface area contributed by atoms with Crippen LogP contribution in [0.3, 0.4) is 0 Å². The molecule has 0 fully saturated rings. The molecule has 0 spiro atoms. The SMILES string of the molecule is Cl.Cl.Cn1cncc1N. The number of imidazole rings is 1. The van der Waals surface area contributed by atoms with Gasteiger partial charge in [0, 0.05) is 7.05 Å². The van der Waals surface area contributed by atoms with Crippen molar-refractivity contribution in [1.29, 1.82) is 0 Å². The van der Waals surface area contributed by atoms with Gasteiger partial charge in [-0.15, -0.1) is 24.8 Å². The molecule has 0 aliphatic heterocycles. The van der Waals surface area contributed by atoms with E-state index in [0.717, 1.165) is 0 Å². The predicted molar refractivity (Wildman–Crippen MR) is 42.1 cm³/mol. The van der Waals surface area contributed by atoms with E-state index in [1.807, 2.05) is 7.05 Å². The largest absolute Gasteiger partial charge is 0.384 e. The highest BCUT2D eigenvalue weighted by Crippen LogP contribution is 1.92. The first-order valence-corrected chi connectivity index (χ1v) is 2.02. The standard InChI is InChI=1S/C4H7N3.2ClH/c1-7-3-6-2-4(7)5;;/h2-3H,5H2,1H3;2*1H. The summed E-state index contributed by atoms with van der Waals surface area (Å²) in [4.78, 5) is 3.76. The van der Waals surface area contributed by atoms with Crippen LogP contribution in [-0.2, 0) is 7.05 Å². The zero-order chi connectivity index (χ0) is 5.28. The van der Waals surface area contributed by atoms with Gasteiger partial charge in [0.25, 0.3) is 0 Å². The predicted octanol–water partition coefficient (Wildman–Crippen LogP) is 0.846. The molecule has 0 aliphatic carbocycles. The van der Waals surface area contributed by atoms with Crippen molar-refractivity contribution in [1.82, 2.24) is 9.55 Å². The lowest BCUT2D eigenvalue weighted by Gasteiger charge is -1.87. The normalized spacial score (nSPS) is 7.22. The monoisotopic (exact) mass is 169 g/mol. The number of halogens is 2. The highest BCUT2D eigenvalue weighted by molar-refractivity contribution is 5.85. The Labute approximate surface area is 66.1 Å². The first-order chi connectivity index (χ1) is 3.30. The van der Waals surface area contributed by atoms with Crippen LogP contribution in [0.1, 0.15) is 0 Å². The zero-order valence-electron chi connectivity index (χ0n) is 4.94. The summed E-state index contributed by atoms with van der Waals surface area (Å²) in [5, 5.41) is 0. The lowest BCUT2D eigenvalue weighted by Crippen LogP contribution is -1.92. The van der Waals surface area contributed by atoms with Crippen LogP contribution in [0.5, 0.6) is 0 Å². The van der Waals surface area contributed by atoms with E-state index in [-0.39, 0.29) is 24.8 Å². The minimum Gasteiger partial charge on any atom is -0.384 e. The molecule has 0 unspecified atom stereocenters. The Morgan fingerprint density at radius 1 is 1.56 bits per heavy atom. The second-order valence-corrected chi connectivity index (χ2v) is 1.43. The fourth-order valence-electron chi connectivity index (χ4n) is 0.367. The van der Waals surface area contributed by atoms with Crippen molar-refractivity contribution in [2.24, 2.45) is 7.05 Å². The third kappa shape index (κ3) is 2.58. The van der Waals surface area contributed by atoms with E-state index in [4.69, 9.17) is 5.73 Å². The molecule has 5 heteroatoms. The molecule has 1 aromatic rings. The number of nitrogens with zero attached hydrogens (tertiary/aromatic N) is 2. The van der Waals surface area contributed by atoms with Gasteiger partial charge in [-0.05, 0) is 0 Å². The Morgan fingerprint density at radius 2 is 2.11 bits per heavy atom. The molecule has 1 aromatic heterocycles. The molecule has 0 amide bonds. The number of nitrogen functional groups attached to an aromatic ring is 1. The summed E-state index contributed by atoms with van der Waals surface area (Å²) >= 11 is 0. The molecule has 0 aliphatic rings. The quantitative estimate of drug-likeness (QED) is 0.627. The average molecular weight is 170 g/mol. The molecule has 0 atom stereocenters. The van der Waals surface area contributed by atoms with Crippen LogP contribution in [0.4, 0.5) is 5.82 Å². The highest BCUT2D eigenvalue weighted by atomic mass is 35.5. The third-order valence-corrected chi connectivity index (χ3v) is 0.854. The topological polar surface area (TPSA) is 43.8 Å². The van der Waals surface area contributed by atoms with Gasteiger partial charge < -0.3 is 10.3 Å². The molecule has 3 nitrogen and oxygen atoms in total. The molecule has 0 saturated heterocycles. The van der Waals surface area contributed by atoms with E-state index in [9.17, 15) is 0 Å². The van der Waals surface area contributed by atoms with Crippen LogP contribution >= 0.6 is 24.8 Å². The van der Waals surface area contributed by atoms with Crippen LogP contribution in [0.25, 0.3) is 0 Å². The van der Waals surface area contributed by atoms with E-state index < -0.39 is 0 Å². The van der Waals surface area contributed by atoms with Gasteiger partial charge in [0.15, 0.2) is 0 Å². The maximum Gasteiger partial charge on any atom is 0.122 e. The number of aryl methyl sites for hydroxylation is 1. The van der Waals surface area contributed by atoms with Crippen molar-refractivity contribution in [2.75, 3.05) is 5.73 Å². The number of rotatable bonds is 0. The first-order valence-electron chi connectivity index (χ1n) is 2.02.